The van der Waals surface area contributed by atoms with Gasteiger partial charge in [-0.15, -0.1) is 0 Å². The van der Waals surface area contributed by atoms with Crippen molar-refractivity contribution in [1.82, 2.24) is 20.1 Å². The van der Waals surface area contributed by atoms with Crippen LogP contribution in [0.15, 0.2) is 66.2 Å². The number of aromatic nitrogens is 3. The number of hydrogen-bond acceptors (Lipinski definition) is 3. The smallest absolute Gasteiger partial charge is 0.188 e. The number of nitrogens with zero attached hydrogens (tertiary/aromatic N) is 4. The van der Waals surface area contributed by atoms with E-state index in [2.05, 4.69) is 69.8 Å². The number of guanidine groups is 1. The number of nitrogens with one attached hydrogen (secondary N) is 1. The molecule has 0 bridgehead atoms. The van der Waals surface area contributed by atoms with Crippen molar-refractivity contribution in [2.45, 2.75) is 32.9 Å². The molecule has 0 saturated carbocycles. The van der Waals surface area contributed by atoms with E-state index in [-0.39, 0.29) is 0 Å². The second kappa shape index (κ2) is 9.52. The molecular weight excluding hydrogens is 336 g/mol. The molecule has 6 heteroatoms. The Bertz CT molecular complexity index is 853. The summed E-state index contributed by atoms with van der Waals surface area (Å²) < 4.78 is 1.81. The summed E-state index contributed by atoms with van der Waals surface area (Å²) >= 11 is 0. The molecule has 0 aliphatic heterocycles. The second-order valence-corrected chi connectivity index (χ2v) is 6.43. The summed E-state index contributed by atoms with van der Waals surface area (Å²) in [6.45, 7) is 4.29. The van der Waals surface area contributed by atoms with E-state index in [1.807, 2.05) is 10.7 Å². The van der Waals surface area contributed by atoms with Gasteiger partial charge in [-0.3, -0.25) is 0 Å². The molecule has 0 aliphatic carbocycles. The highest BCUT2D eigenvalue weighted by molar-refractivity contribution is 5.78. The third kappa shape index (κ3) is 5.41. The van der Waals surface area contributed by atoms with Crippen LogP contribution >= 0.6 is 0 Å². The molecule has 0 amide bonds. The average Bonchev–Trinajstić information content (AvgIpc) is 3.20. The Morgan fingerprint density at radius 2 is 1.96 bits per heavy atom. The van der Waals surface area contributed by atoms with E-state index < -0.39 is 0 Å². The zero-order valence-corrected chi connectivity index (χ0v) is 15.7. The molecule has 6 nitrogen and oxygen atoms in total. The maximum atomic E-state index is 5.96. The lowest BCUT2D eigenvalue weighted by Gasteiger charge is -2.10. The summed E-state index contributed by atoms with van der Waals surface area (Å²) in [7, 11) is 0. The van der Waals surface area contributed by atoms with Crippen molar-refractivity contribution >= 4 is 5.96 Å². The average molecular weight is 362 g/mol. The van der Waals surface area contributed by atoms with Gasteiger partial charge in [-0.25, -0.2) is 14.7 Å². The molecule has 3 N–H and O–H groups in total. The third-order valence-electron chi connectivity index (χ3n) is 4.35. The first kappa shape index (κ1) is 18.6. The molecular formula is C21H26N6. The highest BCUT2D eigenvalue weighted by atomic mass is 15.3. The molecule has 1 aromatic heterocycles. The molecule has 2 aromatic carbocycles. The Morgan fingerprint density at radius 3 is 2.70 bits per heavy atom. The van der Waals surface area contributed by atoms with E-state index >= 15 is 0 Å². The number of nitrogens with two attached hydrogens (primary N) is 1. The zero-order valence-electron chi connectivity index (χ0n) is 15.7. The standard InChI is InChI=1S/C21H26N6/c1-2-3-12-24-21(22)25-13-19-6-4-5-7-20(19)18-10-8-17(9-11-18)14-27-16-23-15-26-27/h4-11,15-16H,2-3,12-14H2,1H3,(H3,22,24,25). The van der Waals surface area contributed by atoms with Crippen LogP contribution in [0.3, 0.4) is 0 Å². The summed E-state index contributed by atoms with van der Waals surface area (Å²) in [5.74, 6) is 0.501. The quantitative estimate of drug-likeness (QED) is 0.366. The minimum atomic E-state index is 0.501. The maximum Gasteiger partial charge on any atom is 0.188 e. The molecule has 1 heterocycles. The molecule has 0 unspecified atom stereocenters. The summed E-state index contributed by atoms with van der Waals surface area (Å²) in [5, 5.41) is 7.30. The Kier molecular flexibility index (Phi) is 6.57. The maximum absolute atomic E-state index is 5.96. The molecule has 140 valence electrons. The monoisotopic (exact) mass is 362 g/mol. The number of aliphatic imine (C=N–C) groups is 1. The summed E-state index contributed by atoms with van der Waals surface area (Å²) in [4.78, 5) is 8.46. The first-order valence-electron chi connectivity index (χ1n) is 9.29. The van der Waals surface area contributed by atoms with Crippen LogP contribution in [0.2, 0.25) is 0 Å². The van der Waals surface area contributed by atoms with Gasteiger partial charge in [0.05, 0.1) is 13.1 Å². The minimum absolute atomic E-state index is 0.501. The van der Waals surface area contributed by atoms with Crippen LogP contribution in [-0.4, -0.2) is 27.3 Å². The summed E-state index contributed by atoms with van der Waals surface area (Å²) in [5.41, 5.74) is 10.6. The van der Waals surface area contributed by atoms with Crippen LogP contribution in [0.1, 0.15) is 30.9 Å². The van der Waals surface area contributed by atoms with Gasteiger partial charge in [0.2, 0.25) is 0 Å². The van der Waals surface area contributed by atoms with Gasteiger partial charge >= 0.3 is 0 Å². The fourth-order valence-corrected chi connectivity index (χ4v) is 2.85. The number of rotatable bonds is 8. The molecule has 0 fully saturated rings. The van der Waals surface area contributed by atoms with Gasteiger partial charge in [-0.1, -0.05) is 61.9 Å². The predicted octanol–water partition coefficient (Wildman–Crippen LogP) is 3.20. The van der Waals surface area contributed by atoms with E-state index in [1.54, 1.807) is 12.7 Å². The number of unbranched alkanes of at least 4 members (excludes halogenated alkanes) is 1. The van der Waals surface area contributed by atoms with E-state index in [0.717, 1.165) is 24.9 Å². The largest absolute Gasteiger partial charge is 0.370 e. The Morgan fingerprint density at radius 1 is 1.15 bits per heavy atom. The van der Waals surface area contributed by atoms with Gasteiger partial charge in [0.25, 0.3) is 0 Å². The topological polar surface area (TPSA) is 81.1 Å². The van der Waals surface area contributed by atoms with Crippen LogP contribution in [-0.2, 0) is 13.1 Å². The number of benzene rings is 2. The molecule has 3 aromatic rings. The molecule has 0 radical (unpaired) electrons. The summed E-state index contributed by atoms with van der Waals surface area (Å²) in [6, 6.07) is 16.8. The van der Waals surface area contributed by atoms with Gasteiger partial charge in [-0.05, 0) is 28.7 Å². The van der Waals surface area contributed by atoms with Crippen molar-refractivity contribution in [3.05, 3.63) is 72.3 Å². The van der Waals surface area contributed by atoms with E-state index in [1.165, 1.54) is 16.7 Å². The predicted molar refractivity (Wildman–Crippen MR) is 109 cm³/mol. The Balaban J connectivity index is 1.70. The van der Waals surface area contributed by atoms with Crippen molar-refractivity contribution in [3.63, 3.8) is 0 Å². The minimum Gasteiger partial charge on any atom is -0.370 e. The van der Waals surface area contributed by atoms with Crippen molar-refractivity contribution in [3.8, 4) is 11.1 Å². The third-order valence-corrected chi connectivity index (χ3v) is 4.35. The lowest BCUT2D eigenvalue weighted by Crippen LogP contribution is -2.32. The van der Waals surface area contributed by atoms with Gasteiger partial charge in [0.15, 0.2) is 5.96 Å². The molecule has 0 spiro atoms. The fourth-order valence-electron chi connectivity index (χ4n) is 2.85. The van der Waals surface area contributed by atoms with Crippen molar-refractivity contribution < 1.29 is 0 Å². The highest BCUT2D eigenvalue weighted by Crippen LogP contribution is 2.25. The van der Waals surface area contributed by atoms with Crippen molar-refractivity contribution in [1.29, 1.82) is 0 Å². The van der Waals surface area contributed by atoms with Crippen LogP contribution in [0.4, 0.5) is 0 Å². The van der Waals surface area contributed by atoms with Crippen LogP contribution < -0.4 is 11.1 Å². The van der Waals surface area contributed by atoms with Gasteiger partial charge in [0.1, 0.15) is 12.7 Å². The zero-order chi connectivity index (χ0) is 18.9. The Labute approximate surface area is 160 Å². The van der Waals surface area contributed by atoms with Gasteiger partial charge in [-0.2, -0.15) is 5.10 Å². The molecule has 0 saturated heterocycles. The van der Waals surface area contributed by atoms with Crippen molar-refractivity contribution in [2.75, 3.05) is 6.54 Å². The first-order valence-corrected chi connectivity index (χ1v) is 9.29. The lowest BCUT2D eigenvalue weighted by molar-refractivity contribution is 0.685. The lowest BCUT2D eigenvalue weighted by atomic mass is 9.98. The summed E-state index contributed by atoms with van der Waals surface area (Å²) in [6.07, 6.45) is 5.50. The highest BCUT2D eigenvalue weighted by Gasteiger charge is 2.05. The Hall–Kier alpha value is -3.15. The van der Waals surface area contributed by atoms with Crippen LogP contribution in [0.25, 0.3) is 11.1 Å². The molecule has 0 atom stereocenters. The van der Waals surface area contributed by atoms with Crippen LogP contribution in [0, 0.1) is 0 Å². The van der Waals surface area contributed by atoms with Gasteiger partial charge < -0.3 is 11.1 Å². The van der Waals surface area contributed by atoms with Crippen LogP contribution in [0.5, 0.6) is 0 Å². The van der Waals surface area contributed by atoms with E-state index in [0.29, 0.717) is 19.0 Å². The SMILES string of the molecule is CCCCNC(N)=NCc1ccccc1-c1ccc(Cn2cncn2)cc1. The first-order chi connectivity index (χ1) is 13.3. The normalized spacial score (nSPS) is 11.5. The molecule has 3 rings (SSSR count). The second-order valence-electron chi connectivity index (χ2n) is 6.43. The van der Waals surface area contributed by atoms with Gasteiger partial charge in [0, 0.05) is 6.54 Å². The molecule has 0 aliphatic rings. The van der Waals surface area contributed by atoms with E-state index in [4.69, 9.17) is 5.73 Å². The fraction of sp³-hybridized carbons (Fsp3) is 0.286. The van der Waals surface area contributed by atoms with E-state index in [9.17, 15) is 0 Å². The number of hydrogen-bond donors (Lipinski definition) is 2. The molecule has 27 heavy (non-hydrogen) atoms. The van der Waals surface area contributed by atoms with Crippen molar-refractivity contribution in [2.24, 2.45) is 10.7 Å².